The van der Waals surface area contributed by atoms with E-state index in [1.807, 2.05) is 0 Å². The van der Waals surface area contributed by atoms with Crippen LogP contribution in [0.2, 0.25) is 12.1 Å². The van der Waals surface area contributed by atoms with Gasteiger partial charge < -0.3 is 0 Å². The van der Waals surface area contributed by atoms with Crippen LogP contribution < -0.4 is 0 Å². The summed E-state index contributed by atoms with van der Waals surface area (Å²) in [7, 11) is -1.28. The van der Waals surface area contributed by atoms with Crippen LogP contribution >= 0.6 is 0 Å². The molecule has 84 valence electrons. The molecule has 0 saturated carbocycles. The van der Waals surface area contributed by atoms with E-state index < -0.39 is 8.07 Å². The van der Waals surface area contributed by atoms with E-state index in [9.17, 15) is 0 Å². The van der Waals surface area contributed by atoms with Crippen molar-refractivity contribution in [2.75, 3.05) is 0 Å². The lowest BCUT2D eigenvalue weighted by molar-refractivity contribution is 1.02. The van der Waals surface area contributed by atoms with Crippen LogP contribution in [0.4, 0.5) is 0 Å². The Morgan fingerprint density at radius 1 is 1.25 bits per heavy atom. The molecule has 1 aromatic rings. The largest absolute Gasteiger partial charge is 0.103 e. The van der Waals surface area contributed by atoms with E-state index in [0.717, 1.165) is 5.54 Å². The van der Waals surface area contributed by atoms with Crippen LogP contribution in [-0.4, -0.2) is 8.07 Å². The zero-order valence-corrected chi connectivity index (χ0v) is 11.1. The van der Waals surface area contributed by atoms with Gasteiger partial charge in [0.05, 0.1) is 8.07 Å². The van der Waals surface area contributed by atoms with Crippen LogP contribution in [0.25, 0.3) is 0 Å². The van der Waals surface area contributed by atoms with Gasteiger partial charge in [-0.05, 0) is 34.8 Å². The molecular formula is C15H20Si. The van der Waals surface area contributed by atoms with Crippen molar-refractivity contribution in [1.29, 1.82) is 0 Å². The van der Waals surface area contributed by atoms with Crippen LogP contribution in [0.1, 0.15) is 23.6 Å². The molecule has 0 radical (unpaired) electrons. The molecule has 1 unspecified atom stereocenters. The fourth-order valence-corrected chi connectivity index (χ4v) is 7.78. The van der Waals surface area contributed by atoms with Crippen molar-refractivity contribution in [2.24, 2.45) is 0 Å². The van der Waals surface area contributed by atoms with Crippen molar-refractivity contribution in [3.63, 3.8) is 0 Å². The molecule has 1 atom stereocenters. The Kier molecular flexibility index (Phi) is 3.15. The first-order valence-electron chi connectivity index (χ1n) is 6.03. The molecule has 0 aliphatic carbocycles. The van der Waals surface area contributed by atoms with E-state index in [1.54, 1.807) is 11.1 Å². The maximum Gasteiger partial charge on any atom is 0.0726 e. The van der Waals surface area contributed by atoms with E-state index in [4.69, 9.17) is 0 Å². The van der Waals surface area contributed by atoms with Gasteiger partial charge in [-0.25, -0.2) is 0 Å². The van der Waals surface area contributed by atoms with Crippen molar-refractivity contribution < 1.29 is 0 Å². The van der Waals surface area contributed by atoms with Gasteiger partial charge in [0.15, 0.2) is 0 Å². The molecule has 1 aliphatic rings. The number of hydrogen-bond donors (Lipinski definition) is 0. The summed E-state index contributed by atoms with van der Waals surface area (Å²) in [4.78, 5) is 0. The molecule has 0 aromatic heterocycles. The summed E-state index contributed by atoms with van der Waals surface area (Å²) in [5, 5.41) is 0. The molecule has 0 nitrogen and oxygen atoms in total. The highest BCUT2D eigenvalue weighted by Gasteiger charge is 2.43. The van der Waals surface area contributed by atoms with E-state index in [1.165, 1.54) is 18.1 Å². The first-order chi connectivity index (χ1) is 7.73. The van der Waals surface area contributed by atoms with Crippen molar-refractivity contribution in [2.45, 2.75) is 30.6 Å². The molecule has 1 heterocycles. The summed E-state index contributed by atoms with van der Waals surface area (Å²) in [6.07, 6.45) is 4.25. The fourth-order valence-electron chi connectivity index (χ4n) is 3.14. The molecule has 1 aromatic carbocycles. The maximum atomic E-state index is 3.95. The van der Waals surface area contributed by atoms with Gasteiger partial charge in [-0.15, -0.1) is 13.2 Å². The van der Waals surface area contributed by atoms with Gasteiger partial charge >= 0.3 is 0 Å². The maximum absolute atomic E-state index is 3.95. The summed E-state index contributed by atoms with van der Waals surface area (Å²) in [6, 6.07) is 12.7. The van der Waals surface area contributed by atoms with E-state index >= 15 is 0 Å². The average molecular weight is 228 g/mol. The SMILES string of the molecule is C=CC[Si]1(CC=C)Cc2ccccc2C1C. The molecule has 2 rings (SSSR count). The Bertz CT molecular complexity index is 396. The van der Waals surface area contributed by atoms with Gasteiger partial charge in [0.25, 0.3) is 0 Å². The Morgan fingerprint density at radius 3 is 2.44 bits per heavy atom. The number of benzene rings is 1. The van der Waals surface area contributed by atoms with Crippen molar-refractivity contribution in [1.82, 2.24) is 0 Å². The van der Waals surface area contributed by atoms with Gasteiger partial charge in [0.2, 0.25) is 0 Å². The second-order valence-electron chi connectivity index (χ2n) is 4.95. The zero-order chi connectivity index (χ0) is 11.6. The molecule has 0 amide bonds. The van der Waals surface area contributed by atoms with Gasteiger partial charge in [0.1, 0.15) is 0 Å². The molecule has 0 saturated heterocycles. The Labute approximate surface area is 99.7 Å². The summed E-state index contributed by atoms with van der Waals surface area (Å²) in [6.45, 7) is 10.3. The summed E-state index contributed by atoms with van der Waals surface area (Å²) >= 11 is 0. The van der Waals surface area contributed by atoms with Gasteiger partial charge in [-0.2, -0.15) is 0 Å². The number of allylic oxidation sites excluding steroid dienone is 2. The number of fused-ring (bicyclic) bond motifs is 1. The lowest BCUT2D eigenvalue weighted by atomic mass is 10.1. The Hall–Kier alpha value is -1.08. The second kappa shape index (κ2) is 4.42. The Morgan fingerprint density at radius 2 is 1.88 bits per heavy atom. The molecular weight excluding hydrogens is 208 g/mol. The minimum absolute atomic E-state index is 0.750. The molecule has 0 spiro atoms. The van der Waals surface area contributed by atoms with Gasteiger partial charge in [-0.3, -0.25) is 0 Å². The second-order valence-corrected chi connectivity index (χ2v) is 9.71. The van der Waals surface area contributed by atoms with Crippen LogP contribution in [0.5, 0.6) is 0 Å². The first-order valence-corrected chi connectivity index (χ1v) is 8.73. The van der Waals surface area contributed by atoms with E-state index in [0.29, 0.717) is 0 Å². The van der Waals surface area contributed by atoms with Gasteiger partial charge in [0, 0.05) is 0 Å². The third-order valence-electron chi connectivity index (χ3n) is 4.08. The minimum Gasteiger partial charge on any atom is -0.103 e. The van der Waals surface area contributed by atoms with Crippen molar-refractivity contribution >= 4 is 8.07 Å². The highest BCUT2D eigenvalue weighted by Crippen LogP contribution is 2.43. The monoisotopic (exact) mass is 228 g/mol. The third kappa shape index (κ3) is 1.69. The minimum atomic E-state index is -1.28. The molecule has 1 heteroatoms. The highest BCUT2D eigenvalue weighted by molar-refractivity contribution is 6.82. The number of hydrogen-bond acceptors (Lipinski definition) is 0. The Balaban J connectivity index is 2.39. The fraction of sp³-hybridized carbons (Fsp3) is 0.333. The quantitative estimate of drug-likeness (QED) is 0.534. The standard InChI is InChI=1S/C15H20Si/c1-4-10-16(11-5-2)12-14-8-6-7-9-15(14)13(16)3/h4-9,13H,1-2,10-12H2,3H3. The molecule has 0 fully saturated rings. The normalized spacial score (nSPS) is 21.4. The van der Waals surface area contributed by atoms with E-state index in [2.05, 4.69) is 56.5 Å². The predicted molar refractivity (Wildman–Crippen MR) is 74.3 cm³/mol. The topological polar surface area (TPSA) is 0 Å². The molecule has 1 aliphatic heterocycles. The average Bonchev–Trinajstić information content (AvgIpc) is 2.54. The molecule has 0 N–H and O–H groups in total. The summed E-state index contributed by atoms with van der Waals surface area (Å²) < 4.78 is 0. The van der Waals surface area contributed by atoms with Crippen LogP contribution in [-0.2, 0) is 6.04 Å². The summed E-state index contributed by atoms with van der Waals surface area (Å²) in [5.41, 5.74) is 3.91. The third-order valence-corrected chi connectivity index (χ3v) is 9.52. The highest BCUT2D eigenvalue weighted by atomic mass is 28.3. The predicted octanol–water partition coefficient (Wildman–Crippen LogP) is 4.25. The molecule has 0 bridgehead atoms. The lowest BCUT2D eigenvalue weighted by Crippen LogP contribution is -2.37. The van der Waals surface area contributed by atoms with Crippen LogP contribution in [0.15, 0.2) is 49.6 Å². The van der Waals surface area contributed by atoms with Crippen molar-refractivity contribution in [3.8, 4) is 0 Å². The molecule has 16 heavy (non-hydrogen) atoms. The van der Waals surface area contributed by atoms with Crippen LogP contribution in [0.3, 0.4) is 0 Å². The first kappa shape index (κ1) is 11.4. The van der Waals surface area contributed by atoms with Crippen molar-refractivity contribution in [3.05, 3.63) is 60.7 Å². The van der Waals surface area contributed by atoms with Crippen LogP contribution in [0, 0.1) is 0 Å². The smallest absolute Gasteiger partial charge is 0.0726 e. The van der Waals surface area contributed by atoms with Gasteiger partial charge in [-0.1, -0.05) is 43.3 Å². The van der Waals surface area contributed by atoms with E-state index in [-0.39, 0.29) is 0 Å². The lowest BCUT2D eigenvalue weighted by Gasteiger charge is -2.29. The number of rotatable bonds is 4. The zero-order valence-electron chi connectivity index (χ0n) is 10.1. The summed E-state index contributed by atoms with van der Waals surface area (Å²) in [5.74, 6) is 0.